The van der Waals surface area contributed by atoms with Crippen molar-refractivity contribution >= 4 is 16.7 Å². The summed E-state index contributed by atoms with van der Waals surface area (Å²) in [7, 11) is -0.966. The Kier molecular flexibility index (Phi) is 1.03. The Morgan fingerprint density at radius 1 is 1.70 bits per heavy atom. The maximum absolute atomic E-state index is 11.1. The monoisotopic (exact) mass is 157 g/mol. The quantitative estimate of drug-likeness (QED) is 0.457. The molecule has 0 spiro atoms. The number of carbonyl (C=O) groups is 1. The molecule has 2 aliphatic heterocycles. The van der Waals surface area contributed by atoms with E-state index in [-0.39, 0.29) is 11.3 Å². The lowest BCUT2D eigenvalue weighted by molar-refractivity contribution is -0.140. The van der Waals surface area contributed by atoms with Gasteiger partial charge >= 0.3 is 0 Å². The van der Waals surface area contributed by atoms with E-state index in [1.165, 1.54) is 0 Å². The van der Waals surface area contributed by atoms with Crippen molar-refractivity contribution in [2.45, 2.75) is 11.8 Å². The minimum atomic E-state index is -0.966. The van der Waals surface area contributed by atoms with Crippen LogP contribution >= 0.6 is 0 Å². The Bertz CT molecular complexity index is 248. The lowest BCUT2D eigenvalue weighted by Crippen LogP contribution is -2.49. The van der Waals surface area contributed by atoms with Crippen LogP contribution < -0.4 is 0 Å². The van der Waals surface area contributed by atoms with Crippen molar-refractivity contribution < 1.29 is 9.00 Å². The van der Waals surface area contributed by atoms with Gasteiger partial charge in [-0.2, -0.15) is 0 Å². The van der Waals surface area contributed by atoms with Gasteiger partial charge in [0, 0.05) is 4.91 Å². The molecule has 2 saturated heterocycles. The number of rotatable bonds is 0. The Morgan fingerprint density at radius 3 is 2.80 bits per heavy atom. The van der Waals surface area contributed by atoms with E-state index < -0.39 is 10.8 Å². The number of amides is 1. The molecule has 0 aromatic rings. The fourth-order valence-electron chi connectivity index (χ4n) is 1.25. The van der Waals surface area contributed by atoms with Crippen molar-refractivity contribution in [2.75, 3.05) is 6.54 Å². The van der Waals surface area contributed by atoms with E-state index in [9.17, 15) is 9.00 Å². The fourth-order valence-corrected chi connectivity index (χ4v) is 2.62. The van der Waals surface area contributed by atoms with E-state index in [2.05, 4.69) is 6.58 Å². The molecule has 2 heterocycles. The molecule has 10 heavy (non-hydrogen) atoms. The number of nitrogens with zero attached hydrogens (tertiary/aromatic N) is 1. The van der Waals surface area contributed by atoms with Crippen molar-refractivity contribution in [3.63, 3.8) is 0 Å². The molecule has 2 atom stereocenters. The first kappa shape index (κ1) is 6.09. The van der Waals surface area contributed by atoms with E-state index in [1.807, 2.05) is 0 Å². The fraction of sp³-hybridized carbons (Fsp3) is 0.500. The molecule has 0 N–H and O–H groups in total. The van der Waals surface area contributed by atoms with Crippen molar-refractivity contribution in [1.29, 1.82) is 0 Å². The summed E-state index contributed by atoms with van der Waals surface area (Å²) in [5, 5.41) is -0.0278. The minimum Gasteiger partial charge on any atom is -0.322 e. The highest BCUT2D eigenvalue weighted by molar-refractivity contribution is 7.90. The molecule has 1 amide bonds. The summed E-state index contributed by atoms with van der Waals surface area (Å²) in [4.78, 5) is 13.1. The second-order valence-corrected chi connectivity index (χ2v) is 4.23. The van der Waals surface area contributed by atoms with Gasteiger partial charge in [0.2, 0.25) is 5.91 Å². The van der Waals surface area contributed by atoms with Crippen LogP contribution in [-0.2, 0) is 15.6 Å². The molecular weight excluding hydrogens is 150 g/mol. The summed E-state index contributed by atoms with van der Waals surface area (Å²) in [6, 6.07) is 0. The Balaban J connectivity index is 2.28. The lowest BCUT2D eigenvalue weighted by Gasteiger charge is -2.31. The van der Waals surface area contributed by atoms with Gasteiger partial charge in [-0.05, 0) is 0 Å². The highest BCUT2D eigenvalue weighted by Gasteiger charge is 2.46. The van der Waals surface area contributed by atoms with Crippen LogP contribution in [0.3, 0.4) is 0 Å². The number of hydrogen-bond acceptors (Lipinski definition) is 2. The predicted molar refractivity (Wildman–Crippen MR) is 37.4 cm³/mol. The third-order valence-corrected chi connectivity index (χ3v) is 3.51. The zero-order valence-corrected chi connectivity index (χ0v) is 6.19. The van der Waals surface area contributed by atoms with E-state index in [1.54, 1.807) is 4.90 Å². The molecule has 0 aliphatic carbocycles. The Hall–Kier alpha value is -0.640. The first-order valence-electron chi connectivity index (χ1n) is 3.08. The van der Waals surface area contributed by atoms with E-state index in [4.69, 9.17) is 0 Å². The van der Waals surface area contributed by atoms with Crippen LogP contribution in [0.4, 0.5) is 0 Å². The first-order chi connectivity index (χ1) is 4.70. The molecule has 54 valence electrons. The maximum atomic E-state index is 11.1. The minimum absolute atomic E-state index is 0.0278. The third-order valence-electron chi connectivity index (χ3n) is 1.90. The van der Waals surface area contributed by atoms with E-state index in [0.29, 0.717) is 17.9 Å². The second kappa shape index (κ2) is 1.69. The molecule has 1 unspecified atom stereocenters. The van der Waals surface area contributed by atoms with Crippen molar-refractivity contribution in [2.24, 2.45) is 0 Å². The number of β-lactam (4-membered cyclic amide) rings is 1. The van der Waals surface area contributed by atoms with Gasteiger partial charge in [0.05, 0.1) is 23.8 Å². The van der Waals surface area contributed by atoms with Crippen LogP contribution in [0, 0.1) is 0 Å². The van der Waals surface area contributed by atoms with Gasteiger partial charge in [0.15, 0.2) is 0 Å². The second-order valence-electron chi connectivity index (χ2n) is 2.52. The van der Waals surface area contributed by atoms with Crippen LogP contribution in [0.15, 0.2) is 11.5 Å². The summed E-state index contributed by atoms with van der Waals surface area (Å²) in [5.74, 6) is 0.108. The predicted octanol–water partition coefficient (Wildman–Crippen LogP) is -0.179. The Labute approximate surface area is 61.2 Å². The SMILES string of the molecule is C=C1CN2C(=O)C[C@@H]2S1=O. The van der Waals surface area contributed by atoms with Gasteiger partial charge in [-0.3, -0.25) is 9.00 Å². The standard InChI is InChI=1S/C6H7NO2S/c1-4-3-7-5(8)2-6(7)10(4)9/h6H,1-3H2/t6-,10?/m0/s1. The van der Waals surface area contributed by atoms with Crippen LogP contribution in [0.1, 0.15) is 6.42 Å². The molecule has 2 fully saturated rings. The van der Waals surface area contributed by atoms with Crippen molar-refractivity contribution in [3.05, 3.63) is 11.5 Å². The highest BCUT2D eigenvalue weighted by atomic mass is 32.2. The van der Waals surface area contributed by atoms with Gasteiger partial charge in [-0.25, -0.2) is 0 Å². The normalized spacial score (nSPS) is 37.8. The van der Waals surface area contributed by atoms with Crippen LogP contribution in [0.25, 0.3) is 0 Å². The summed E-state index contributed by atoms with van der Waals surface area (Å²) < 4.78 is 11.1. The molecule has 0 bridgehead atoms. The molecule has 0 aromatic heterocycles. The van der Waals surface area contributed by atoms with Gasteiger partial charge in [0.1, 0.15) is 5.37 Å². The maximum Gasteiger partial charge on any atom is 0.226 e. The van der Waals surface area contributed by atoms with Crippen LogP contribution in [-0.4, -0.2) is 26.9 Å². The average Bonchev–Trinajstić information content (AvgIpc) is 2.12. The smallest absolute Gasteiger partial charge is 0.226 e. The molecular formula is C6H7NO2S. The summed E-state index contributed by atoms with van der Waals surface area (Å²) in [6.45, 7) is 4.13. The lowest BCUT2D eigenvalue weighted by atomic mass is 10.2. The zero-order valence-electron chi connectivity index (χ0n) is 5.37. The molecule has 0 radical (unpaired) electrons. The summed E-state index contributed by atoms with van der Waals surface area (Å²) in [6.07, 6.45) is 0.450. The van der Waals surface area contributed by atoms with Crippen LogP contribution in [0.5, 0.6) is 0 Å². The molecule has 0 saturated carbocycles. The Morgan fingerprint density at radius 2 is 2.40 bits per heavy atom. The highest BCUT2D eigenvalue weighted by Crippen LogP contribution is 2.32. The summed E-state index contributed by atoms with van der Waals surface area (Å²) >= 11 is 0. The van der Waals surface area contributed by atoms with Gasteiger partial charge < -0.3 is 4.90 Å². The molecule has 0 aromatic carbocycles. The van der Waals surface area contributed by atoms with Gasteiger partial charge in [-0.15, -0.1) is 0 Å². The largest absolute Gasteiger partial charge is 0.322 e. The molecule has 4 heteroatoms. The van der Waals surface area contributed by atoms with Gasteiger partial charge in [-0.1, -0.05) is 6.58 Å². The van der Waals surface area contributed by atoms with Gasteiger partial charge in [0.25, 0.3) is 0 Å². The van der Waals surface area contributed by atoms with E-state index >= 15 is 0 Å². The number of fused-ring (bicyclic) bond motifs is 1. The topological polar surface area (TPSA) is 37.4 Å². The summed E-state index contributed by atoms with van der Waals surface area (Å²) in [5.41, 5.74) is 0. The van der Waals surface area contributed by atoms with Crippen molar-refractivity contribution in [3.8, 4) is 0 Å². The molecule has 2 rings (SSSR count). The molecule has 3 nitrogen and oxygen atoms in total. The number of hydrogen-bond donors (Lipinski definition) is 0. The third kappa shape index (κ3) is 0.546. The zero-order chi connectivity index (χ0) is 7.30. The van der Waals surface area contributed by atoms with Crippen molar-refractivity contribution in [1.82, 2.24) is 4.90 Å². The molecule has 2 aliphatic rings. The van der Waals surface area contributed by atoms with E-state index in [0.717, 1.165) is 0 Å². The average molecular weight is 157 g/mol. The number of carbonyl (C=O) groups excluding carboxylic acids is 1. The van der Waals surface area contributed by atoms with Crippen LogP contribution in [0.2, 0.25) is 0 Å². The first-order valence-corrected chi connectivity index (χ1v) is 4.29.